The van der Waals surface area contributed by atoms with Crippen molar-refractivity contribution >= 4 is 5.97 Å². The van der Waals surface area contributed by atoms with Gasteiger partial charge in [-0.1, -0.05) is 6.92 Å². The summed E-state index contributed by atoms with van der Waals surface area (Å²) in [5.41, 5.74) is 0. The molecule has 0 heterocycles. The summed E-state index contributed by atoms with van der Waals surface area (Å²) in [4.78, 5) is 9.00. The third kappa shape index (κ3) is 576. The predicted molar refractivity (Wildman–Crippen MR) is 30.7 cm³/mol. The molecule has 0 aromatic carbocycles. The molecule has 0 fully saturated rings. The van der Waals surface area contributed by atoms with Gasteiger partial charge in [0.05, 0.1) is 0 Å². The monoisotopic (exact) mass is 120 g/mol. The molecular formula is C5H12O3. The lowest BCUT2D eigenvalue weighted by molar-refractivity contribution is -0.134. The lowest BCUT2D eigenvalue weighted by atomic mass is 10.5. The first kappa shape index (κ1) is 10.4. The van der Waals surface area contributed by atoms with E-state index in [4.69, 9.17) is 15.0 Å². The standard InChI is InChI=1S/C3H8O.C2H4O2/c1-2-3-4;1-2(3)4/h4H,2-3H2,1H3;1H3,(H,3,4). The number of carboxylic acid groups (broad SMARTS) is 1. The minimum atomic E-state index is -0.833. The van der Waals surface area contributed by atoms with E-state index in [-0.39, 0.29) is 0 Å². The first-order valence-corrected chi connectivity index (χ1v) is 2.45. The fourth-order valence-corrected chi connectivity index (χ4v) is 0. The predicted octanol–water partition coefficient (Wildman–Crippen LogP) is 0.480. The van der Waals surface area contributed by atoms with Gasteiger partial charge in [0.15, 0.2) is 0 Å². The molecule has 0 bridgehead atoms. The highest BCUT2D eigenvalue weighted by Crippen LogP contribution is 1.61. The molecule has 0 amide bonds. The van der Waals surface area contributed by atoms with Gasteiger partial charge in [-0.3, -0.25) is 4.79 Å². The number of hydrogen-bond donors (Lipinski definition) is 2. The molecule has 0 radical (unpaired) electrons. The smallest absolute Gasteiger partial charge is 0.300 e. The quantitative estimate of drug-likeness (QED) is 0.529. The summed E-state index contributed by atoms with van der Waals surface area (Å²) >= 11 is 0. The minimum absolute atomic E-state index is 0.319. The van der Waals surface area contributed by atoms with Crippen LogP contribution in [-0.4, -0.2) is 22.8 Å². The average molecular weight is 120 g/mol. The Labute approximate surface area is 49.0 Å². The third-order valence-electron chi connectivity index (χ3n) is 0.224. The summed E-state index contributed by atoms with van der Waals surface area (Å²) < 4.78 is 0. The van der Waals surface area contributed by atoms with Crippen molar-refractivity contribution in [2.24, 2.45) is 0 Å². The number of carboxylic acids is 1. The topological polar surface area (TPSA) is 57.5 Å². The lowest BCUT2D eigenvalue weighted by Crippen LogP contribution is -1.78. The maximum Gasteiger partial charge on any atom is 0.300 e. The molecule has 0 rings (SSSR count). The van der Waals surface area contributed by atoms with E-state index >= 15 is 0 Å². The molecule has 2 N–H and O–H groups in total. The number of carbonyl (C=O) groups is 1. The Hall–Kier alpha value is -0.570. The first-order valence-electron chi connectivity index (χ1n) is 2.45. The van der Waals surface area contributed by atoms with Crippen molar-refractivity contribution in [3.8, 4) is 0 Å². The zero-order chi connectivity index (χ0) is 6.99. The second-order valence-corrected chi connectivity index (χ2v) is 1.24. The highest BCUT2D eigenvalue weighted by molar-refractivity contribution is 5.62. The molecule has 0 aliphatic rings. The summed E-state index contributed by atoms with van der Waals surface area (Å²) in [7, 11) is 0. The van der Waals surface area contributed by atoms with Crippen LogP contribution in [0.1, 0.15) is 20.3 Å². The Bertz CT molecular complexity index is 45.6. The minimum Gasteiger partial charge on any atom is -0.481 e. The number of aliphatic carboxylic acids is 1. The molecule has 0 spiro atoms. The molecule has 0 unspecified atom stereocenters. The highest BCUT2D eigenvalue weighted by Gasteiger charge is 1.65. The van der Waals surface area contributed by atoms with E-state index in [0.29, 0.717) is 6.61 Å². The second-order valence-electron chi connectivity index (χ2n) is 1.24. The van der Waals surface area contributed by atoms with E-state index in [1.165, 1.54) is 0 Å². The zero-order valence-corrected chi connectivity index (χ0v) is 5.22. The number of aliphatic hydroxyl groups excluding tert-OH is 1. The van der Waals surface area contributed by atoms with Gasteiger partial charge in [0.2, 0.25) is 0 Å². The van der Waals surface area contributed by atoms with Crippen LogP contribution in [0.5, 0.6) is 0 Å². The molecule has 3 nitrogen and oxygen atoms in total. The molecule has 8 heavy (non-hydrogen) atoms. The summed E-state index contributed by atoms with van der Waals surface area (Å²) in [6.07, 6.45) is 0.875. The van der Waals surface area contributed by atoms with Crippen molar-refractivity contribution < 1.29 is 15.0 Å². The van der Waals surface area contributed by atoms with Crippen molar-refractivity contribution in [1.82, 2.24) is 0 Å². The van der Waals surface area contributed by atoms with Crippen molar-refractivity contribution in [2.75, 3.05) is 6.61 Å². The Morgan fingerprint density at radius 3 is 1.75 bits per heavy atom. The van der Waals surface area contributed by atoms with Gasteiger partial charge in [-0.2, -0.15) is 0 Å². The molecule has 0 aliphatic carbocycles. The van der Waals surface area contributed by atoms with E-state index in [2.05, 4.69) is 0 Å². The fourth-order valence-electron chi connectivity index (χ4n) is 0. The molecular weight excluding hydrogens is 108 g/mol. The molecule has 50 valence electrons. The van der Waals surface area contributed by atoms with Crippen molar-refractivity contribution in [3.63, 3.8) is 0 Å². The van der Waals surface area contributed by atoms with Crippen LogP contribution < -0.4 is 0 Å². The fraction of sp³-hybridized carbons (Fsp3) is 0.800. The van der Waals surface area contributed by atoms with Crippen LogP contribution in [-0.2, 0) is 4.79 Å². The molecule has 3 heteroatoms. The van der Waals surface area contributed by atoms with Crippen LogP contribution in [0.3, 0.4) is 0 Å². The van der Waals surface area contributed by atoms with Crippen LogP contribution in [0.2, 0.25) is 0 Å². The van der Waals surface area contributed by atoms with Crippen LogP contribution in [0.15, 0.2) is 0 Å². The van der Waals surface area contributed by atoms with Crippen molar-refractivity contribution in [1.29, 1.82) is 0 Å². The summed E-state index contributed by atoms with van der Waals surface area (Å²) in [5.74, 6) is -0.833. The normalized spacial score (nSPS) is 6.88. The Balaban J connectivity index is 0. The first-order chi connectivity index (χ1) is 3.65. The largest absolute Gasteiger partial charge is 0.481 e. The Morgan fingerprint density at radius 2 is 1.75 bits per heavy atom. The lowest BCUT2D eigenvalue weighted by Gasteiger charge is -1.69. The van der Waals surface area contributed by atoms with E-state index in [9.17, 15) is 0 Å². The van der Waals surface area contributed by atoms with E-state index in [0.717, 1.165) is 13.3 Å². The van der Waals surface area contributed by atoms with Gasteiger partial charge >= 0.3 is 0 Å². The number of hydrogen-bond acceptors (Lipinski definition) is 2. The van der Waals surface area contributed by atoms with Gasteiger partial charge in [-0.25, -0.2) is 0 Å². The van der Waals surface area contributed by atoms with Crippen molar-refractivity contribution in [3.05, 3.63) is 0 Å². The van der Waals surface area contributed by atoms with Gasteiger partial charge in [-0.15, -0.1) is 0 Å². The summed E-state index contributed by atoms with van der Waals surface area (Å²) in [6, 6.07) is 0. The van der Waals surface area contributed by atoms with E-state index in [1.807, 2.05) is 6.92 Å². The van der Waals surface area contributed by atoms with Crippen LogP contribution >= 0.6 is 0 Å². The zero-order valence-electron chi connectivity index (χ0n) is 5.22. The highest BCUT2D eigenvalue weighted by atomic mass is 16.4. The molecule has 0 saturated heterocycles. The Kier molecular flexibility index (Phi) is 12.6. The van der Waals surface area contributed by atoms with E-state index < -0.39 is 5.97 Å². The average Bonchev–Trinajstić information content (AvgIpc) is 1.65. The third-order valence-corrected chi connectivity index (χ3v) is 0.224. The van der Waals surface area contributed by atoms with Gasteiger partial charge in [-0.05, 0) is 6.42 Å². The number of rotatable bonds is 1. The van der Waals surface area contributed by atoms with Gasteiger partial charge < -0.3 is 10.2 Å². The number of aliphatic hydroxyl groups is 1. The summed E-state index contributed by atoms with van der Waals surface area (Å²) in [5, 5.41) is 15.3. The summed E-state index contributed by atoms with van der Waals surface area (Å²) in [6.45, 7) is 3.33. The maximum absolute atomic E-state index is 9.00. The van der Waals surface area contributed by atoms with Gasteiger partial charge in [0.25, 0.3) is 5.97 Å². The molecule has 0 aromatic heterocycles. The molecule has 0 aromatic rings. The van der Waals surface area contributed by atoms with Crippen LogP contribution in [0, 0.1) is 0 Å². The molecule has 0 saturated carbocycles. The van der Waals surface area contributed by atoms with Crippen LogP contribution in [0.25, 0.3) is 0 Å². The maximum atomic E-state index is 9.00. The SMILES string of the molecule is CC(=O)O.CCCO. The van der Waals surface area contributed by atoms with Gasteiger partial charge in [0, 0.05) is 13.5 Å². The van der Waals surface area contributed by atoms with Crippen molar-refractivity contribution in [2.45, 2.75) is 20.3 Å². The van der Waals surface area contributed by atoms with E-state index in [1.54, 1.807) is 0 Å². The molecule has 0 atom stereocenters. The van der Waals surface area contributed by atoms with Gasteiger partial charge in [0.1, 0.15) is 0 Å². The van der Waals surface area contributed by atoms with Crippen LogP contribution in [0.4, 0.5) is 0 Å². The Morgan fingerprint density at radius 1 is 1.62 bits per heavy atom. The second kappa shape index (κ2) is 9.66. The molecule has 0 aliphatic heterocycles.